The number of hydrogen-bond acceptors (Lipinski definition) is 3. The SMILES string of the molecule is CN(CCc1ccncc1)CC(=O)NCCc1ccccc1F. The van der Waals surface area contributed by atoms with E-state index in [1.165, 1.54) is 11.6 Å². The summed E-state index contributed by atoms with van der Waals surface area (Å²) < 4.78 is 13.5. The van der Waals surface area contributed by atoms with E-state index in [2.05, 4.69) is 10.3 Å². The van der Waals surface area contributed by atoms with Crippen LogP contribution in [-0.2, 0) is 17.6 Å². The normalized spacial score (nSPS) is 10.7. The largest absolute Gasteiger partial charge is 0.355 e. The van der Waals surface area contributed by atoms with E-state index in [1.807, 2.05) is 24.1 Å². The van der Waals surface area contributed by atoms with Crippen LogP contribution in [0.5, 0.6) is 0 Å². The molecule has 0 spiro atoms. The van der Waals surface area contributed by atoms with Gasteiger partial charge in [0.1, 0.15) is 5.82 Å². The molecule has 0 fully saturated rings. The zero-order valence-corrected chi connectivity index (χ0v) is 13.3. The predicted molar refractivity (Wildman–Crippen MR) is 88.6 cm³/mol. The molecule has 0 radical (unpaired) electrons. The molecule has 1 amide bonds. The maximum absolute atomic E-state index is 13.5. The third kappa shape index (κ3) is 6.16. The Hall–Kier alpha value is -2.27. The minimum Gasteiger partial charge on any atom is -0.355 e. The number of amides is 1. The van der Waals surface area contributed by atoms with Gasteiger partial charge in [-0.15, -0.1) is 0 Å². The van der Waals surface area contributed by atoms with Gasteiger partial charge in [0.2, 0.25) is 5.91 Å². The summed E-state index contributed by atoms with van der Waals surface area (Å²) in [4.78, 5) is 17.8. The smallest absolute Gasteiger partial charge is 0.234 e. The predicted octanol–water partition coefficient (Wildman–Crippen LogP) is 2.05. The lowest BCUT2D eigenvalue weighted by molar-refractivity contribution is -0.121. The number of nitrogens with one attached hydrogen (secondary N) is 1. The number of likely N-dealkylation sites (N-methyl/N-ethyl adjacent to an activating group) is 1. The Kier molecular flexibility index (Phi) is 6.69. The second-order valence-electron chi connectivity index (χ2n) is 5.53. The molecule has 2 aromatic rings. The minimum atomic E-state index is -0.226. The quantitative estimate of drug-likeness (QED) is 0.811. The van der Waals surface area contributed by atoms with Crippen LogP contribution in [0.2, 0.25) is 0 Å². The fourth-order valence-corrected chi connectivity index (χ4v) is 2.29. The summed E-state index contributed by atoms with van der Waals surface area (Å²) in [6.45, 7) is 1.57. The number of nitrogens with zero attached hydrogens (tertiary/aromatic N) is 2. The molecule has 0 aliphatic rings. The third-order valence-electron chi connectivity index (χ3n) is 3.62. The molecule has 0 bridgehead atoms. The summed E-state index contributed by atoms with van der Waals surface area (Å²) in [6, 6.07) is 10.6. The number of carbonyl (C=O) groups is 1. The number of carbonyl (C=O) groups excluding carboxylic acids is 1. The van der Waals surface area contributed by atoms with Crippen LogP contribution in [0, 0.1) is 5.82 Å². The van der Waals surface area contributed by atoms with E-state index in [0.717, 1.165) is 13.0 Å². The highest BCUT2D eigenvalue weighted by Crippen LogP contribution is 2.06. The molecule has 1 aromatic carbocycles. The van der Waals surface area contributed by atoms with Crippen molar-refractivity contribution in [2.45, 2.75) is 12.8 Å². The third-order valence-corrected chi connectivity index (χ3v) is 3.62. The summed E-state index contributed by atoms with van der Waals surface area (Å²) >= 11 is 0. The van der Waals surface area contributed by atoms with Crippen LogP contribution in [0.25, 0.3) is 0 Å². The molecule has 23 heavy (non-hydrogen) atoms. The molecule has 0 atom stereocenters. The molecular formula is C18H22FN3O. The number of pyridine rings is 1. The molecule has 0 saturated carbocycles. The van der Waals surface area contributed by atoms with Crippen molar-refractivity contribution < 1.29 is 9.18 Å². The Morgan fingerprint density at radius 1 is 1.17 bits per heavy atom. The summed E-state index contributed by atoms with van der Waals surface area (Å²) in [6.07, 6.45) is 4.91. The van der Waals surface area contributed by atoms with Crippen molar-refractivity contribution in [1.29, 1.82) is 0 Å². The van der Waals surface area contributed by atoms with Crippen molar-refractivity contribution >= 4 is 5.91 Å². The summed E-state index contributed by atoms with van der Waals surface area (Å²) in [5.74, 6) is -0.269. The first-order chi connectivity index (χ1) is 11.1. The number of aromatic nitrogens is 1. The van der Waals surface area contributed by atoms with Crippen molar-refractivity contribution in [2.24, 2.45) is 0 Å². The Bertz CT molecular complexity index is 619. The van der Waals surface area contributed by atoms with Gasteiger partial charge in [-0.1, -0.05) is 18.2 Å². The van der Waals surface area contributed by atoms with Crippen LogP contribution in [0.3, 0.4) is 0 Å². The molecule has 1 aromatic heterocycles. The molecule has 4 nitrogen and oxygen atoms in total. The molecule has 0 aliphatic carbocycles. The van der Waals surface area contributed by atoms with Gasteiger partial charge in [0.25, 0.3) is 0 Å². The van der Waals surface area contributed by atoms with Gasteiger partial charge in [0.15, 0.2) is 0 Å². The van der Waals surface area contributed by atoms with Gasteiger partial charge in [0.05, 0.1) is 6.54 Å². The second kappa shape index (κ2) is 9.00. The maximum atomic E-state index is 13.5. The summed E-state index contributed by atoms with van der Waals surface area (Å²) in [7, 11) is 1.91. The highest BCUT2D eigenvalue weighted by Gasteiger charge is 2.07. The van der Waals surface area contributed by atoms with E-state index in [-0.39, 0.29) is 11.7 Å². The van der Waals surface area contributed by atoms with Crippen molar-refractivity contribution in [1.82, 2.24) is 15.2 Å². The molecule has 1 N–H and O–H groups in total. The molecule has 0 saturated heterocycles. The van der Waals surface area contributed by atoms with Gasteiger partial charge in [-0.3, -0.25) is 14.7 Å². The highest BCUT2D eigenvalue weighted by molar-refractivity contribution is 5.77. The average molecular weight is 315 g/mol. The zero-order chi connectivity index (χ0) is 16.5. The Morgan fingerprint density at radius 3 is 2.65 bits per heavy atom. The van der Waals surface area contributed by atoms with Crippen molar-refractivity contribution in [3.63, 3.8) is 0 Å². The monoisotopic (exact) mass is 315 g/mol. The molecule has 0 unspecified atom stereocenters. The van der Waals surface area contributed by atoms with Crippen LogP contribution >= 0.6 is 0 Å². The van der Waals surface area contributed by atoms with Gasteiger partial charge in [-0.05, 0) is 49.2 Å². The fraction of sp³-hybridized carbons (Fsp3) is 0.333. The van der Waals surface area contributed by atoms with Crippen molar-refractivity contribution in [2.75, 3.05) is 26.7 Å². The highest BCUT2D eigenvalue weighted by atomic mass is 19.1. The summed E-state index contributed by atoms with van der Waals surface area (Å²) in [5, 5.41) is 2.83. The molecule has 1 heterocycles. The van der Waals surface area contributed by atoms with Crippen molar-refractivity contribution in [3.8, 4) is 0 Å². The second-order valence-corrected chi connectivity index (χ2v) is 5.53. The average Bonchev–Trinajstić information content (AvgIpc) is 2.56. The van der Waals surface area contributed by atoms with Gasteiger partial charge in [-0.2, -0.15) is 0 Å². The van der Waals surface area contributed by atoms with Crippen LogP contribution in [0.15, 0.2) is 48.8 Å². The van der Waals surface area contributed by atoms with E-state index in [4.69, 9.17) is 0 Å². The molecule has 5 heteroatoms. The van der Waals surface area contributed by atoms with Gasteiger partial charge in [0, 0.05) is 25.5 Å². The zero-order valence-electron chi connectivity index (χ0n) is 13.3. The summed E-state index contributed by atoms with van der Waals surface area (Å²) in [5.41, 5.74) is 1.82. The first-order valence-electron chi connectivity index (χ1n) is 7.72. The fourth-order valence-electron chi connectivity index (χ4n) is 2.29. The molecule has 2 rings (SSSR count). The van der Waals surface area contributed by atoms with E-state index in [9.17, 15) is 9.18 Å². The van der Waals surface area contributed by atoms with Gasteiger partial charge < -0.3 is 5.32 Å². The van der Waals surface area contributed by atoms with Crippen LogP contribution in [-0.4, -0.2) is 42.5 Å². The Balaban J connectivity index is 1.65. The van der Waals surface area contributed by atoms with E-state index in [0.29, 0.717) is 25.1 Å². The minimum absolute atomic E-state index is 0.0430. The lowest BCUT2D eigenvalue weighted by atomic mass is 10.1. The number of rotatable bonds is 8. The van der Waals surface area contributed by atoms with Gasteiger partial charge >= 0.3 is 0 Å². The van der Waals surface area contributed by atoms with E-state index < -0.39 is 0 Å². The number of halogens is 1. The van der Waals surface area contributed by atoms with Crippen LogP contribution in [0.4, 0.5) is 4.39 Å². The maximum Gasteiger partial charge on any atom is 0.234 e. The van der Waals surface area contributed by atoms with Crippen LogP contribution < -0.4 is 5.32 Å². The Labute approximate surface area is 136 Å². The topological polar surface area (TPSA) is 45.2 Å². The van der Waals surface area contributed by atoms with Crippen LogP contribution in [0.1, 0.15) is 11.1 Å². The van der Waals surface area contributed by atoms with Gasteiger partial charge in [-0.25, -0.2) is 4.39 Å². The molecule has 122 valence electrons. The first kappa shape index (κ1) is 17.1. The van der Waals surface area contributed by atoms with E-state index in [1.54, 1.807) is 30.6 Å². The lowest BCUT2D eigenvalue weighted by Crippen LogP contribution is -2.37. The number of hydrogen-bond donors (Lipinski definition) is 1. The Morgan fingerprint density at radius 2 is 1.91 bits per heavy atom. The first-order valence-corrected chi connectivity index (χ1v) is 7.72. The van der Waals surface area contributed by atoms with E-state index >= 15 is 0 Å². The lowest BCUT2D eigenvalue weighted by Gasteiger charge is -2.16. The standard InChI is InChI=1S/C18H22FN3O/c1-22(13-9-15-6-10-20-11-7-15)14-18(23)21-12-8-16-4-2-3-5-17(16)19/h2-7,10-11H,8-9,12-14H2,1H3,(H,21,23). The molecule has 0 aliphatic heterocycles. The number of benzene rings is 1. The van der Waals surface area contributed by atoms with Crippen molar-refractivity contribution in [3.05, 3.63) is 65.7 Å². The molecular weight excluding hydrogens is 293 g/mol.